The van der Waals surface area contributed by atoms with E-state index in [9.17, 15) is 9.90 Å². The number of halogens is 1. The van der Waals surface area contributed by atoms with Crippen molar-refractivity contribution in [2.75, 3.05) is 13.1 Å². The van der Waals surface area contributed by atoms with Gasteiger partial charge in [0.25, 0.3) is 0 Å². The number of hydrogen-bond acceptors (Lipinski definition) is 3. The van der Waals surface area contributed by atoms with Crippen molar-refractivity contribution in [3.8, 4) is 0 Å². The predicted octanol–water partition coefficient (Wildman–Crippen LogP) is 3.50. The molecule has 1 atom stereocenters. The Morgan fingerprint density at radius 1 is 1.24 bits per heavy atom. The summed E-state index contributed by atoms with van der Waals surface area (Å²) >= 11 is 6.20. The Bertz CT molecular complexity index is 668. The maximum absolute atomic E-state index is 11.8. The van der Waals surface area contributed by atoms with E-state index in [-0.39, 0.29) is 0 Å². The van der Waals surface area contributed by atoms with Gasteiger partial charge in [-0.05, 0) is 44.1 Å². The summed E-state index contributed by atoms with van der Waals surface area (Å²) in [6.45, 7) is 1.63. The van der Waals surface area contributed by atoms with Crippen LogP contribution in [0.2, 0.25) is 5.02 Å². The second-order valence-electron chi connectivity index (χ2n) is 5.37. The van der Waals surface area contributed by atoms with Gasteiger partial charge in [-0.3, -0.25) is 14.7 Å². The third-order valence-corrected chi connectivity index (χ3v) is 4.36. The largest absolute Gasteiger partial charge is 0.480 e. The highest BCUT2D eigenvalue weighted by Gasteiger charge is 2.30. The van der Waals surface area contributed by atoms with Gasteiger partial charge in [0, 0.05) is 22.2 Å². The minimum Gasteiger partial charge on any atom is -0.480 e. The molecule has 0 radical (unpaired) electrons. The average Bonchev–Trinajstić information content (AvgIpc) is 2.51. The summed E-state index contributed by atoms with van der Waals surface area (Å²) in [6.07, 6.45) is 4.94. The molecule has 1 saturated heterocycles. The van der Waals surface area contributed by atoms with E-state index in [2.05, 4.69) is 4.98 Å². The smallest absolute Gasteiger partial charge is 0.325 e. The number of carboxylic acid groups (broad SMARTS) is 1. The summed E-state index contributed by atoms with van der Waals surface area (Å²) in [7, 11) is 0. The first-order chi connectivity index (χ1) is 10.2. The molecule has 2 heterocycles. The fourth-order valence-electron chi connectivity index (χ4n) is 3.04. The Balaban J connectivity index is 2.11. The maximum Gasteiger partial charge on any atom is 0.325 e. The first-order valence-corrected chi connectivity index (χ1v) is 7.56. The molecular weight excluding hydrogens is 288 g/mol. The molecule has 1 aliphatic heterocycles. The number of carboxylic acids is 1. The van der Waals surface area contributed by atoms with Gasteiger partial charge >= 0.3 is 5.97 Å². The van der Waals surface area contributed by atoms with Crippen LogP contribution in [0.1, 0.15) is 30.9 Å². The van der Waals surface area contributed by atoms with Crippen molar-refractivity contribution in [1.82, 2.24) is 9.88 Å². The van der Waals surface area contributed by atoms with Crippen LogP contribution in [0, 0.1) is 0 Å². The van der Waals surface area contributed by atoms with Gasteiger partial charge in [0.05, 0.1) is 5.52 Å². The number of rotatable bonds is 3. The summed E-state index contributed by atoms with van der Waals surface area (Å²) in [5.41, 5.74) is 1.41. The number of nitrogens with zero attached hydrogens (tertiary/aromatic N) is 2. The van der Waals surface area contributed by atoms with Gasteiger partial charge in [0.15, 0.2) is 0 Å². The molecule has 0 saturated carbocycles. The molecule has 1 aliphatic rings. The molecule has 110 valence electrons. The number of aliphatic carboxylic acids is 1. The van der Waals surface area contributed by atoms with Crippen LogP contribution in [-0.2, 0) is 4.79 Å². The number of pyridine rings is 1. The summed E-state index contributed by atoms with van der Waals surface area (Å²) in [6, 6.07) is 6.60. The van der Waals surface area contributed by atoms with Crippen molar-refractivity contribution in [1.29, 1.82) is 0 Å². The molecule has 21 heavy (non-hydrogen) atoms. The third kappa shape index (κ3) is 2.74. The molecule has 1 fully saturated rings. The van der Waals surface area contributed by atoms with Crippen molar-refractivity contribution < 1.29 is 9.90 Å². The van der Waals surface area contributed by atoms with Gasteiger partial charge in [0.1, 0.15) is 6.04 Å². The molecule has 0 amide bonds. The van der Waals surface area contributed by atoms with Crippen LogP contribution in [0.5, 0.6) is 0 Å². The van der Waals surface area contributed by atoms with Gasteiger partial charge in [-0.2, -0.15) is 0 Å². The zero-order valence-corrected chi connectivity index (χ0v) is 12.4. The molecule has 2 aromatic rings. The van der Waals surface area contributed by atoms with Crippen LogP contribution in [0.4, 0.5) is 0 Å². The van der Waals surface area contributed by atoms with Crippen molar-refractivity contribution >= 4 is 28.5 Å². The topological polar surface area (TPSA) is 53.4 Å². The number of hydrogen-bond donors (Lipinski definition) is 1. The van der Waals surface area contributed by atoms with E-state index in [1.165, 1.54) is 6.42 Å². The molecule has 1 aromatic heterocycles. The van der Waals surface area contributed by atoms with Crippen molar-refractivity contribution in [3.05, 3.63) is 41.0 Å². The van der Waals surface area contributed by atoms with E-state index in [1.54, 1.807) is 18.3 Å². The Morgan fingerprint density at radius 3 is 2.71 bits per heavy atom. The van der Waals surface area contributed by atoms with E-state index in [0.717, 1.165) is 36.9 Å². The van der Waals surface area contributed by atoms with Crippen LogP contribution in [0.15, 0.2) is 30.5 Å². The quantitative estimate of drug-likeness (QED) is 0.943. The first kappa shape index (κ1) is 14.3. The monoisotopic (exact) mass is 304 g/mol. The van der Waals surface area contributed by atoms with Crippen LogP contribution in [0.3, 0.4) is 0 Å². The molecule has 3 rings (SSSR count). The van der Waals surface area contributed by atoms with Crippen LogP contribution >= 0.6 is 11.6 Å². The predicted molar refractivity (Wildman–Crippen MR) is 82.6 cm³/mol. The van der Waals surface area contributed by atoms with Gasteiger partial charge in [-0.15, -0.1) is 0 Å². The van der Waals surface area contributed by atoms with E-state index in [1.807, 2.05) is 17.0 Å². The SMILES string of the molecule is O=C(O)C(c1ccc(Cl)c2cccnc12)N1CCCCC1. The fraction of sp³-hybridized carbons (Fsp3) is 0.375. The Hall–Kier alpha value is -1.65. The minimum absolute atomic E-state index is 0.602. The summed E-state index contributed by atoms with van der Waals surface area (Å²) < 4.78 is 0. The van der Waals surface area contributed by atoms with Gasteiger partial charge < -0.3 is 5.11 Å². The summed E-state index contributed by atoms with van der Waals surface area (Å²) in [5.74, 6) is -0.828. The first-order valence-electron chi connectivity index (χ1n) is 7.18. The minimum atomic E-state index is -0.828. The molecule has 0 aliphatic carbocycles. The lowest BCUT2D eigenvalue weighted by Gasteiger charge is -2.32. The highest BCUT2D eigenvalue weighted by molar-refractivity contribution is 6.35. The molecular formula is C16H17ClN2O2. The molecule has 5 heteroatoms. The number of aromatic nitrogens is 1. The van der Waals surface area contributed by atoms with E-state index < -0.39 is 12.0 Å². The summed E-state index contributed by atoms with van der Waals surface area (Å²) in [4.78, 5) is 18.2. The van der Waals surface area contributed by atoms with Crippen LogP contribution in [0.25, 0.3) is 10.9 Å². The third-order valence-electron chi connectivity index (χ3n) is 4.03. The number of likely N-dealkylation sites (tertiary alicyclic amines) is 1. The number of piperidine rings is 1. The average molecular weight is 305 g/mol. The fourth-order valence-corrected chi connectivity index (χ4v) is 3.26. The van der Waals surface area contributed by atoms with Crippen molar-refractivity contribution in [3.63, 3.8) is 0 Å². The zero-order valence-electron chi connectivity index (χ0n) is 11.6. The summed E-state index contributed by atoms with van der Waals surface area (Å²) in [5, 5.41) is 11.1. The van der Waals surface area contributed by atoms with Crippen molar-refractivity contribution in [2.45, 2.75) is 25.3 Å². The van der Waals surface area contributed by atoms with E-state index in [0.29, 0.717) is 10.5 Å². The number of benzene rings is 1. The highest BCUT2D eigenvalue weighted by Crippen LogP contribution is 2.32. The van der Waals surface area contributed by atoms with Gasteiger partial charge in [-0.1, -0.05) is 24.1 Å². The normalized spacial score (nSPS) is 17.8. The lowest BCUT2D eigenvalue weighted by atomic mass is 9.99. The van der Waals surface area contributed by atoms with Crippen molar-refractivity contribution in [2.24, 2.45) is 0 Å². The molecule has 1 unspecified atom stereocenters. The van der Waals surface area contributed by atoms with Crippen LogP contribution < -0.4 is 0 Å². The molecule has 1 N–H and O–H groups in total. The highest BCUT2D eigenvalue weighted by atomic mass is 35.5. The van der Waals surface area contributed by atoms with Gasteiger partial charge in [0.2, 0.25) is 0 Å². The molecule has 4 nitrogen and oxygen atoms in total. The number of carbonyl (C=O) groups is 1. The van der Waals surface area contributed by atoms with Gasteiger partial charge in [-0.25, -0.2) is 0 Å². The number of fused-ring (bicyclic) bond motifs is 1. The zero-order chi connectivity index (χ0) is 14.8. The maximum atomic E-state index is 11.8. The Morgan fingerprint density at radius 2 is 2.00 bits per heavy atom. The molecule has 1 aromatic carbocycles. The van der Waals surface area contributed by atoms with E-state index in [4.69, 9.17) is 11.6 Å². The molecule has 0 spiro atoms. The Labute approximate surface area is 128 Å². The molecule has 0 bridgehead atoms. The lowest BCUT2D eigenvalue weighted by Crippen LogP contribution is -2.38. The van der Waals surface area contributed by atoms with Crippen LogP contribution in [-0.4, -0.2) is 34.0 Å². The van der Waals surface area contributed by atoms with E-state index >= 15 is 0 Å². The lowest BCUT2D eigenvalue weighted by molar-refractivity contribution is -0.144. The second kappa shape index (κ2) is 6.00. The Kier molecular flexibility index (Phi) is 4.08. The second-order valence-corrected chi connectivity index (χ2v) is 5.78. The standard InChI is InChI=1S/C16H17ClN2O2/c17-13-7-6-12(14-11(13)5-4-8-18-14)15(16(20)21)19-9-2-1-3-10-19/h4-8,15H,1-3,9-10H2,(H,20,21).